The molecule has 19 heavy (non-hydrogen) atoms. The average Bonchev–Trinajstić information content (AvgIpc) is 2.42. The second-order valence-electron chi connectivity index (χ2n) is 4.11. The highest BCUT2D eigenvalue weighted by molar-refractivity contribution is 9.10. The van der Waals surface area contributed by atoms with Crippen molar-refractivity contribution >= 4 is 27.7 Å². The van der Waals surface area contributed by atoms with Gasteiger partial charge >= 0.3 is 0 Å². The van der Waals surface area contributed by atoms with Crippen molar-refractivity contribution in [2.75, 3.05) is 6.54 Å². The molecule has 0 aliphatic heterocycles. The van der Waals surface area contributed by atoms with E-state index in [0.29, 0.717) is 0 Å². The fourth-order valence-corrected chi connectivity index (χ4v) is 2.62. The summed E-state index contributed by atoms with van der Waals surface area (Å²) in [6, 6.07) is 8.42. The number of nitrogens with zero attached hydrogens (tertiary/aromatic N) is 2. The zero-order valence-corrected chi connectivity index (χ0v) is 13.3. The van der Waals surface area contributed by atoms with Crippen LogP contribution in [0, 0.1) is 0 Å². The molecule has 1 atom stereocenters. The van der Waals surface area contributed by atoms with Crippen molar-refractivity contribution < 1.29 is 0 Å². The molecular weight excluding hydrogens is 322 g/mol. The van der Waals surface area contributed by atoms with E-state index in [1.807, 2.05) is 18.3 Å². The fourth-order valence-electron chi connectivity index (χ4n) is 1.66. The molecule has 2 heterocycles. The first kappa shape index (κ1) is 14.5. The summed E-state index contributed by atoms with van der Waals surface area (Å²) in [5, 5.41) is 4.32. The van der Waals surface area contributed by atoms with Gasteiger partial charge in [0.25, 0.3) is 0 Å². The first-order valence-corrected chi connectivity index (χ1v) is 7.78. The van der Waals surface area contributed by atoms with Crippen molar-refractivity contribution in [2.24, 2.45) is 0 Å². The Balaban J connectivity index is 2.04. The van der Waals surface area contributed by atoms with Crippen LogP contribution in [0.3, 0.4) is 0 Å². The topological polar surface area (TPSA) is 37.8 Å². The van der Waals surface area contributed by atoms with E-state index >= 15 is 0 Å². The van der Waals surface area contributed by atoms with Crippen LogP contribution in [0.15, 0.2) is 51.1 Å². The SMILES string of the molecule is CCNC(C)c1ccc(Sc2ccc(Br)cn2)cn1. The van der Waals surface area contributed by atoms with E-state index < -0.39 is 0 Å². The van der Waals surface area contributed by atoms with Crippen molar-refractivity contribution in [2.45, 2.75) is 29.8 Å². The fraction of sp³-hybridized carbons (Fsp3) is 0.286. The standard InChI is InChI=1S/C14H16BrN3S/c1-3-16-10(2)13-6-5-12(9-17-13)19-14-7-4-11(15)8-18-14/h4-10,16H,3H2,1-2H3. The molecule has 1 N–H and O–H groups in total. The Kier molecular flexibility index (Phi) is 5.36. The van der Waals surface area contributed by atoms with Crippen LogP contribution in [-0.4, -0.2) is 16.5 Å². The van der Waals surface area contributed by atoms with E-state index in [4.69, 9.17) is 0 Å². The predicted molar refractivity (Wildman–Crippen MR) is 82.4 cm³/mol. The number of nitrogens with one attached hydrogen (secondary N) is 1. The zero-order valence-electron chi connectivity index (χ0n) is 10.9. The van der Waals surface area contributed by atoms with Gasteiger partial charge in [0, 0.05) is 27.8 Å². The van der Waals surface area contributed by atoms with Crippen molar-refractivity contribution in [1.29, 1.82) is 0 Å². The summed E-state index contributed by atoms with van der Waals surface area (Å²) in [5.41, 5.74) is 1.06. The highest BCUT2D eigenvalue weighted by Gasteiger charge is 2.05. The molecule has 0 saturated carbocycles. The van der Waals surface area contributed by atoms with E-state index in [0.717, 1.165) is 26.6 Å². The number of hydrogen-bond donors (Lipinski definition) is 1. The predicted octanol–water partition coefficient (Wildman–Crippen LogP) is 4.06. The molecule has 0 fully saturated rings. The molecule has 0 amide bonds. The highest BCUT2D eigenvalue weighted by Crippen LogP contribution is 2.26. The Morgan fingerprint density at radius 3 is 2.63 bits per heavy atom. The molecule has 0 aliphatic carbocycles. The van der Waals surface area contributed by atoms with Crippen LogP contribution in [0.2, 0.25) is 0 Å². The maximum atomic E-state index is 4.49. The van der Waals surface area contributed by atoms with E-state index in [1.54, 1.807) is 18.0 Å². The Morgan fingerprint density at radius 2 is 2.05 bits per heavy atom. The van der Waals surface area contributed by atoms with Crippen LogP contribution in [-0.2, 0) is 0 Å². The van der Waals surface area contributed by atoms with Crippen LogP contribution in [0.25, 0.3) is 0 Å². The van der Waals surface area contributed by atoms with E-state index in [2.05, 4.69) is 57.2 Å². The van der Waals surface area contributed by atoms with Gasteiger partial charge in [-0.05, 0) is 53.7 Å². The van der Waals surface area contributed by atoms with Crippen molar-refractivity contribution in [1.82, 2.24) is 15.3 Å². The van der Waals surface area contributed by atoms with Gasteiger partial charge in [-0.2, -0.15) is 0 Å². The van der Waals surface area contributed by atoms with Crippen LogP contribution < -0.4 is 5.32 Å². The maximum absolute atomic E-state index is 4.49. The van der Waals surface area contributed by atoms with Gasteiger partial charge in [0.05, 0.1) is 5.69 Å². The Labute approximate surface area is 126 Å². The summed E-state index contributed by atoms with van der Waals surface area (Å²) in [7, 11) is 0. The lowest BCUT2D eigenvalue weighted by Crippen LogP contribution is -2.18. The van der Waals surface area contributed by atoms with Gasteiger partial charge in [-0.3, -0.25) is 4.98 Å². The third-order valence-corrected chi connectivity index (χ3v) is 4.03. The lowest BCUT2D eigenvalue weighted by molar-refractivity contribution is 0.582. The van der Waals surface area contributed by atoms with Crippen molar-refractivity contribution in [3.8, 4) is 0 Å². The number of hydrogen-bond acceptors (Lipinski definition) is 4. The van der Waals surface area contributed by atoms with Gasteiger partial charge in [0.15, 0.2) is 0 Å². The molecule has 0 aliphatic rings. The summed E-state index contributed by atoms with van der Waals surface area (Å²) in [6.07, 6.45) is 3.70. The molecular formula is C14H16BrN3S. The summed E-state index contributed by atoms with van der Waals surface area (Å²) in [6.45, 7) is 5.16. The van der Waals surface area contributed by atoms with Gasteiger partial charge in [-0.1, -0.05) is 18.7 Å². The molecule has 0 spiro atoms. The van der Waals surface area contributed by atoms with Crippen LogP contribution >= 0.6 is 27.7 Å². The highest BCUT2D eigenvalue weighted by atomic mass is 79.9. The van der Waals surface area contributed by atoms with Gasteiger partial charge in [0.1, 0.15) is 5.03 Å². The lowest BCUT2D eigenvalue weighted by atomic mass is 10.2. The summed E-state index contributed by atoms with van der Waals surface area (Å²) in [5.74, 6) is 0. The molecule has 100 valence electrons. The van der Waals surface area contributed by atoms with Crippen molar-refractivity contribution in [3.05, 3.63) is 46.8 Å². The summed E-state index contributed by atoms with van der Waals surface area (Å²) >= 11 is 5.00. The second kappa shape index (κ2) is 7.03. The minimum Gasteiger partial charge on any atom is -0.309 e. The van der Waals surface area contributed by atoms with Gasteiger partial charge in [-0.25, -0.2) is 4.98 Å². The van der Waals surface area contributed by atoms with E-state index in [1.165, 1.54) is 0 Å². The van der Waals surface area contributed by atoms with Gasteiger partial charge < -0.3 is 5.32 Å². The summed E-state index contributed by atoms with van der Waals surface area (Å²) < 4.78 is 0.991. The zero-order chi connectivity index (χ0) is 13.7. The first-order valence-electron chi connectivity index (χ1n) is 6.17. The quantitative estimate of drug-likeness (QED) is 0.892. The molecule has 0 aromatic carbocycles. The van der Waals surface area contributed by atoms with Crippen LogP contribution in [0.5, 0.6) is 0 Å². The minimum atomic E-state index is 0.287. The molecule has 0 bridgehead atoms. The first-order chi connectivity index (χ1) is 9.19. The third kappa shape index (κ3) is 4.30. The Hall–Kier alpha value is -0.910. The molecule has 2 aromatic rings. The average molecular weight is 338 g/mol. The van der Waals surface area contributed by atoms with Crippen LogP contribution in [0.1, 0.15) is 25.6 Å². The third-order valence-electron chi connectivity index (χ3n) is 2.64. The number of aromatic nitrogens is 2. The summed E-state index contributed by atoms with van der Waals surface area (Å²) in [4.78, 5) is 9.93. The Morgan fingerprint density at radius 1 is 1.21 bits per heavy atom. The number of halogens is 1. The molecule has 2 rings (SSSR count). The van der Waals surface area contributed by atoms with Gasteiger partial charge in [0.2, 0.25) is 0 Å². The molecule has 2 aromatic heterocycles. The smallest absolute Gasteiger partial charge is 0.101 e. The minimum absolute atomic E-state index is 0.287. The van der Waals surface area contributed by atoms with Gasteiger partial charge in [-0.15, -0.1) is 0 Å². The van der Waals surface area contributed by atoms with Crippen molar-refractivity contribution in [3.63, 3.8) is 0 Å². The normalized spacial score (nSPS) is 12.4. The van der Waals surface area contributed by atoms with Crippen LogP contribution in [0.4, 0.5) is 0 Å². The van der Waals surface area contributed by atoms with E-state index in [-0.39, 0.29) is 6.04 Å². The van der Waals surface area contributed by atoms with E-state index in [9.17, 15) is 0 Å². The molecule has 0 radical (unpaired) electrons. The molecule has 1 unspecified atom stereocenters. The number of rotatable bonds is 5. The molecule has 5 heteroatoms. The maximum Gasteiger partial charge on any atom is 0.101 e. The molecule has 3 nitrogen and oxygen atoms in total. The largest absolute Gasteiger partial charge is 0.309 e. The lowest BCUT2D eigenvalue weighted by Gasteiger charge is -2.11. The monoisotopic (exact) mass is 337 g/mol. The Bertz CT molecular complexity index is 513. The molecule has 0 saturated heterocycles. The second-order valence-corrected chi connectivity index (χ2v) is 6.12. The number of pyridine rings is 2.